The van der Waals surface area contributed by atoms with Gasteiger partial charge in [-0.25, -0.2) is 0 Å². The molecule has 0 spiro atoms. The van der Waals surface area contributed by atoms with Crippen molar-refractivity contribution in [2.45, 2.75) is 45.4 Å². The predicted molar refractivity (Wildman–Crippen MR) is 67.2 cm³/mol. The van der Waals surface area contributed by atoms with Gasteiger partial charge in [0.15, 0.2) is 5.76 Å². The SMILES string of the molecule is COCCNCc1noc2c1C(C)(C)OC2(C)C. The summed E-state index contributed by atoms with van der Waals surface area (Å²) in [6.07, 6.45) is 0. The molecule has 0 saturated carbocycles. The zero-order valence-electron chi connectivity index (χ0n) is 11.8. The first-order chi connectivity index (χ1) is 8.38. The van der Waals surface area contributed by atoms with Crippen molar-refractivity contribution in [3.05, 3.63) is 17.0 Å². The average Bonchev–Trinajstić information content (AvgIpc) is 2.74. The smallest absolute Gasteiger partial charge is 0.174 e. The molecule has 18 heavy (non-hydrogen) atoms. The third-order valence-corrected chi connectivity index (χ3v) is 3.20. The molecule has 0 amide bonds. The predicted octanol–water partition coefficient (Wildman–Crippen LogP) is 1.91. The van der Waals surface area contributed by atoms with E-state index in [-0.39, 0.29) is 5.60 Å². The third-order valence-electron chi connectivity index (χ3n) is 3.20. The molecule has 1 aliphatic rings. The number of fused-ring (bicyclic) bond motifs is 1. The molecule has 1 aliphatic heterocycles. The van der Waals surface area contributed by atoms with Crippen LogP contribution in [0.5, 0.6) is 0 Å². The molecule has 0 fully saturated rings. The summed E-state index contributed by atoms with van der Waals surface area (Å²) in [5.74, 6) is 0.844. The summed E-state index contributed by atoms with van der Waals surface area (Å²) in [4.78, 5) is 0. The average molecular weight is 254 g/mol. The van der Waals surface area contributed by atoms with Crippen LogP contribution >= 0.6 is 0 Å². The Bertz CT molecular complexity index is 424. The fourth-order valence-electron chi connectivity index (χ4n) is 2.59. The molecule has 0 bridgehead atoms. The van der Waals surface area contributed by atoms with E-state index in [1.807, 2.05) is 13.8 Å². The van der Waals surface area contributed by atoms with Crippen LogP contribution in [0, 0.1) is 0 Å². The van der Waals surface area contributed by atoms with Crippen LogP contribution < -0.4 is 5.32 Å². The van der Waals surface area contributed by atoms with Crippen molar-refractivity contribution in [2.75, 3.05) is 20.3 Å². The molecule has 5 nitrogen and oxygen atoms in total. The second kappa shape index (κ2) is 4.64. The number of aromatic nitrogens is 1. The van der Waals surface area contributed by atoms with Gasteiger partial charge in [0.05, 0.1) is 17.8 Å². The summed E-state index contributed by atoms with van der Waals surface area (Å²) in [7, 11) is 1.69. The van der Waals surface area contributed by atoms with Gasteiger partial charge in [-0.1, -0.05) is 5.16 Å². The van der Waals surface area contributed by atoms with Gasteiger partial charge in [0.25, 0.3) is 0 Å². The van der Waals surface area contributed by atoms with Crippen LogP contribution in [0.2, 0.25) is 0 Å². The van der Waals surface area contributed by atoms with Crippen LogP contribution in [-0.2, 0) is 27.2 Å². The summed E-state index contributed by atoms with van der Waals surface area (Å²) in [6.45, 7) is 10.3. The standard InChI is InChI=1S/C13H22N2O3/c1-12(2)10-9(8-14-6-7-16-5)15-17-11(10)13(3,4)18-12/h14H,6-8H2,1-5H3. The quantitative estimate of drug-likeness (QED) is 0.813. The largest absolute Gasteiger partial charge is 0.383 e. The fraction of sp³-hybridized carbons (Fsp3) is 0.769. The second-order valence-corrected chi connectivity index (χ2v) is 5.63. The van der Waals surface area contributed by atoms with Crippen LogP contribution in [0.25, 0.3) is 0 Å². The van der Waals surface area contributed by atoms with E-state index >= 15 is 0 Å². The van der Waals surface area contributed by atoms with E-state index < -0.39 is 5.60 Å². The van der Waals surface area contributed by atoms with E-state index in [1.165, 1.54) is 0 Å². The lowest BCUT2D eigenvalue weighted by Crippen LogP contribution is -2.25. The van der Waals surface area contributed by atoms with Gasteiger partial charge < -0.3 is 19.3 Å². The third kappa shape index (κ3) is 2.30. The lowest BCUT2D eigenvalue weighted by molar-refractivity contribution is -0.114. The van der Waals surface area contributed by atoms with Crippen molar-refractivity contribution >= 4 is 0 Å². The van der Waals surface area contributed by atoms with Crippen molar-refractivity contribution in [3.63, 3.8) is 0 Å². The van der Waals surface area contributed by atoms with E-state index in [0.29, 0.717) is 13.2 Å². The minimum atomic E-state index is -0.406. The van der Waals surface area contributed by atoms with Gasteiger partial charge in [0.1, 0.15) is 11.3 Å². The molecule has 0 unspecified atom stereocenters. The number of nitrogens with one attached hydrogen (secondary N) is 1. The first kappa shape index (κ1) is 13.5. The molecule has 0 aliphatic carbocycles. The first-order valence-corrected chi connectivity index (χ1v) is 6.28. The molecular weight excluding hydrogens is 232 g/mol. The van der Waals surface area contributed by atoms with Gasteiger partial charge in [0, 0.05) is 20.2 Å². The van der Waals surface area contributed by atoms with Crippen LogP contribution in [0.4, 0.5) is 0 Å². The minimum absolute atomic E-state index is 0.350. The van der Waals surface area contributed by atoms with Gasteiger partial charge in [-0.15, -0.1) is 0 Å². The molecule has 1 N–H and O–H groups in total. The second-order valence-electron chi connectivity index (χ2n) is 5.63. The van der Waals surface area contributed by atoms with Crippen LogP contribution in [0.3, 0.4) is 0 Å². The van der Waals surface area contributed by atoms with E-state index in [9.17, 15) is 0 Å². The minimum Gasteiger partial charge on any atom is -0.383 e. The normalized spacial score (nSPS) is 20.1. The van der Waals surface area contributed by atoms with Gasteiger partial charge in [-0.2, -0.15) is 0 Å². The zero-order valence-corrected chi connectivity index (χ0v) is 11.8. The van der Waals surface area contributed by atoms with Gasteiger partial charge in [-0.05, 0) is 27.7 Å². The summed E-state index contributed by atoms with van der Waals surface area (Å²) < 4.78 is 16.5. The molecule has 0 saturated heterocycles. The van der Waals surface area contributed by atoms with Crippen LogP contribution in [0.1, 0.15) is 44.7 Å². The maximum absolute atomic E-state index is 6.03. The molecule has 0 radical (unpaired) electrons. The lowest BCUT2D eigenvalue weighted by atomic mass is 9.95. The number of hydrogen-bond acceptors (Lipinski definition) is 5. The summed E-state index contributed by atoms with van der Waals surface area (Å²) in [5, 5.41) is 7.45. The highest BCUT2D eigenvalue weighted by Gasteiger charge is 2.48. The van der Waals surface area contributed by atoms with Crippen molar-refractivity contribution in [1.82, 2.24) is 10.5 Å². The number of nitrogens with zero attached hydrogens (tertiary/aromatic N) is 1. The Morgan fingerprint density at radius 3 is 2.61 bits per heavy atom. The Morgan fingerprint density at radius 2 is 1.94 bits per heavy atom. The van der Waals surface area contributed by atoms with Crippen LogP contribution in [-0.4, -0.2) is 25.4 Å². The Morgan fingerprint density at radius 1 is 1.22 bits per heavy atom. The summed E-state index contributed by atoms with van der Waals surface area (Å²) >= 11 is 0. The Balaban J connectivity index is 2.16. The molecule has 1 aromatic rings. The van der Waals surface area contributed by atoms with E-state index in [2.05, 4.69) is 24.3 Å². The maximum Gasteiger partial charge on any atom is 0.174 e. The van der Waals surface area contributed by atoms with Crippen LogP contribution in [0.15, 0.2) is 4.52 Å². The Hall–Kier alpha value is -0.910. The lowest BCUT2D eigenvalue weighted by Gasteiger charge is -2.24. The van der Waals surface area contributed by atoms with Crippen molar-refractivity contribution in [2.24, 2.45) is 0 Å². The van der Waals surface area contributed by atoms with Gasteiger partial charge >= 0.3 is 0 Å². The molecular formula is C13H22N2O3. The Labute approximate surface area is 108 Å². The van der Waals surface area contributed by atoms with Gasteiger partial charge in [0.2, 0.25) is 0 Å². The first-order valence-electron chi connectivity index (χ1n) is 6.28. The highest BCUT2D eigenvalue weighted by Crippen LogP contribution is 2.47. The monoisotopic (exact) mass is 254 g/mol. The van der Waals surface area contributed by atoms with Crippen molar-refractivity contribution < 1.29 is 14.0 Å². The molecule has 2 heterocycles. The zero-order chi connectivity index (χ0) is 13.4. The maximum atomic E-state index is 6.03. The summed E-state index contributed by atoms with van der Waals surface area (Å²) in [5.41, 5.74) is 1.25. The molecule has 102 valence electrons. The fourth-order valence-corrected chi connectivity index (χ4v) is 2.59. The number of ether oxygens (including phenoxy) is 2. The van der Waals surface area contributed by atoms with Crippen molar-refractivity contribution in [1.29, 1.82) is 0 Å². The topological polar surface area (TPSA) is 56.5 Å². The number of hydrogen-bond donors (Lipinski definition) is 1. The molecule has 5 heteroatoms. The number of rotatable bonds is 5. The van der Waals surface area contributed by atoms with Crippen molar-refractivity contribution in [3.8, 4) is 0 Å². The molecule has 1 aromatic heterocycles. The molecule has 2 rings (SSSR count). The van der Waals surface area contributed by atoms with E-state index in [4.69, 9.17) is 14.0 Å². The number of methoxy groups -OCH3 is 1. The highest BCUT2D eigenvalue weighted by molar-refractivity contribution is 5.36. The van der Waals surface area contributed by atoms with E-state index in [0.717, 1.165) is 23.6 Å². The molecule has 0 atom stereocenters. The van der Waals surface area contributed by atoms with Gasteiger partial charge in [-0.3, -0.25) is 0 Å². The Kier molecular flexibility index (Phi) is 3.49. The molecule has 0 aromatic carbocycles. The highest BCUT2D eigenvalue weighted by atomic mass is 16.6. The van der Waals surface area contributed by atoms with E-state index in [1.54, 1.807) is 7.11 Å². The summed E-state index contributed by atoms with van der Waals surface area (Å²) in [6, 6.07) is 0.